The first kappa shape index (κ1) is 16.7. The van der Waals surface area contributed by atoms with Crippen molar-refractivity contribution in [3.05, 3.63) is 28.2 Å². The van der Waals surface area contributed by atoms with Crippen LogP contribution < -0.4 is 5.32 Å². The lowest BCUT2D eigenvalue weighted by Gasteiger charge is -2.23. The Hall–Kier alpha value is -0.620. The van der Waals surface area contributed by atoms with Gasteiger partial charge < -0.3 is 15.1 Å². The second kappa shape index (κ2) is 7.09. The maximum Gasteiger partial charge on any atom is 0.321 e. The Kier molecular flexibility index (Phi) is 5.66. The van der Waals surface area contributed by atoms with E-state index < -0.39 is 0 Å². The molecule has 0 saturated carbocycles. The van der Waals surface area contributed by atoms with E-state index in [1.54, 1.807) is 30.0 Å². The van der Waals surface area contributed by atoms with Crippen molar-refractivity contribution in [2.45, 2.75) is 11.3 Å². The summed E-state index contributed by atoms with van der Waals surface area (Å²) in [4.78, 5) is 16.4. The largest absolute Gasteiger partial charge is 0.322 e. The maximum atomic E-state index is 12.4. The number of carbonyl (C=O) groups is 1. The molecular weight excluding hydrogens is 329 g/mol. The third kappa shape index (κ3) is 3.97. The average Bonchev–Trinajstić information content (AvgIpc) is 2.87. The normalized spacial score (nSPS) is 21.9. The van der Waals surface area contributed by atoms with Gasteiger partial charge in [0.15, 0.2) is 0 Å². The molecule has 1 fully saturated rings. The summed E-state index contributed by atoms with van der Waals surface area (Å²) in [5, 5.41) is 4.29. The van der Waals surface area contributed by atoms with Gasteiger partial charge >= 0.3 is 6.03 Å². The third-order valence-corrected chi connectivity index (χ3v) is 5.29. The Morgan fingerprint density at radius 3 is 2.67 bits per heavy atom. The van der Waals surface area contributed by atoms with Gasteiger partial charge in [0.2, 0.25) is 0 Å². The van der Waals surface area contributed by atoms with Gasteiger partial charge in [-0.15, -0.1) is 0 Å². The number of urea groups is 1. The molecular formula is C14H19Cl2N3OS. The minimum Gasteiger partial charge on any atom is -0.322 e. The average molecular weight is 348 g/mol. The molecule has 1 heterocycles. The topological polar surface area (TPSA) is 35.6 Å². The lowest BCUT2D eigenvalue weighted by atomic mass is 10.2. The number of nitrogens with zero attached hydrogens (tertiary/aromatic N) is 2. The van der Waals surface area contributed by atoms with Crippen molar-refractivity contribution >= 4 is 46.7 Å². The van der Waals surface area contributed by atoms with Crippen molar-refractivity contribution in [1.82, 2.24) is 9.80 Å². The number of carbonyl (C=O) groups excluding carboxylic acids is 1. The van der Waals surface area contributed by atoms with E-state index in [0.717, 1.165) is 6.54 Å². The van der Waals surface area contributed by atoms with Crippen molar-refractivity contribution < 1.29 is 4.79 Å². The van der Waals surface area contributed by atoms with E-state index in [1.807, 2.05) is 19.0 Å². The van der Waals surface area contributed by atoms with Crippen LogP contribution in [-0.2, 0) is 0 Å². The zero-order chi connectivity index (χ0) is 15.6. The van der Waals surface area contributed by atoms with Crippen LogP contribution in [0.5, 0.6) is 0 Å². The Labute approximate surface area is 139 Å². The van der Waals surface area contributed by atoms with E-state index in [4.69, 9.17) is 23.2 Å². The predicted molar refractivity (Wildman–Crippen MR) is 91.8 cm³/mol. The summed E-state index contributed by atoms with van der Waals surface area (Å²) in [6, 6.07) is 5.26. The Morgan fingerprint density at radius 1 is 1.38 bits per heavy atom. The molecule has 1 N–H and O–H groups in total. The predicted octanol–water partition coefficient (Wildman–Crippen LogP) is 3.50. The first-order chi connectivity index (χ1) is 9.92. The summed E-state index contributed by atoms with van der Waals surface area (Å²) >= 11 is 13.8. The Bertz CT molecular complexity index is 527. The number of nitrogens with one attached hydrogen (secondary N) is 1. The van der Waals surface area contributed by atoms with Crippen molar-refractivity contribution in [2.75, 3.05) is 38.8 Å². The summed E-state index contributed by atoms with van der Waals surface area (Å²) in [7, 11) is 4.09. The van der Waals surface area contributed by atoms with Gasteiger partial charge in [-0.25, -0.2) is 4.79 Å². The number of benzene rings is 1. The SMILES string of the molecule is CS[C@@H]1CN(C(=O)Nc2cc(Cl)ccc2Cl)C[C@@H]1N(C)C. The summed E-state index contributed by atoms with van der Waals surface area (Å²) in [5.41, 5.74) is 0.545. The van der Waals surface area contributed by atoms with Crippen LogP contribution in [0.25, 0.3) is 0 Å². The first-order valence-electron chi connectivity index (χ1n) is 6.62. The highest BCUT2D eigenvalue weighted by Gasteiger charge is 2.36. The van der Waals surface area contributed by atoms with Gasteiger partial charge in [0, 0.05) is 29.4 Å². The van der Waals surface area contributed by atoms with Crippen LogP contribution in [0.2, 0.25) is 10.0 Å². The molecule has 21 heavy (non-hydrogen) atoms. The number of hydrogen-bond acceptors (Lipinski definition) is 3. The van der Waals surface area contributed by atoms with Gasteiger partial charge in [-0.05, 0) is 38.6 Å². The molecule has 0 aliphatic carbocycles. The van der Waals surface area contributed by atoms with Crippen molar-refractivity contribution in [2.24, 2.45) is 0 Å². The molecule has 4 nitrogen and oxygen atoms in total. The molecule has 7 heteroatoms. The van der Waals surface area contributed by atoms with E-state index in [-0.39, 0.29) is 6.03 Å². The van der Waals surface area contributed by atoms with E-state index in [2.05, 4.69) is 16.5 Å². The highest BCUT2D eigenvalue weighted by molar-refractivity contribution is 7.99. The van der Waals surface area contributed by atoms with Crippen LogP contribution in [0.15, 0.2) is 18.2 Å². The number of rotatable bonds is 3. The van der Waals surface area contributed by atoms with Crippen LogP contribution in [0, 0.1) is 0 Å². The molecule has 1 aliphatic heterocycles. The number of likely N-dealkylation sites (tertiary alicyclic amines) is 1. The molecule has 0 aromatic heterocycles. The summed E-state index contributed by atoms with van der Waals surface area (Å²) in [5.74, 6) is 0. The summed E-state index contributed by atoms with van der Waals surface area (Å²) in [6.07, 6.45) is 2.08. The molecule has 1 aliphatic rings. The first-order valence-corrected chi connectivity index (χ1v) is 8.67. The van der Waals surface area contributed by atoms with Gasteiger partial charge in [-0.2, -0.15) is 11.8 Å². The van der Waals surface area contributed by atoms with Crippen LogP contribution >= 0.6 is 35.0 Å². The number of hydrogen-bond donors (Lipinski definition) is 1. The van der Waals surface area contributed by atoms with Crippen LogP contribution in [0.3, 0.4) is 0 Å². The summed E-state index contributed by atoms with van der Waals surface area (Å²) in [6.45, 7) is 1.44. The minimum atomic E-state index is -0.137. The quantitative estimate of drug-likeness (QED) is 0.908. The third-order valence-electron chi connectivity index (χ3n) is 3.66. The number of thioether (sulfide) groups is 1. The van der Waals surface area contributed by atoms with Crippen molar-refractivity contribution in [3.63, 3.8) is 0 Å². The molecule has 0 spiro atoms. The molecule has 2 atom stereocenters. The molecule has 1 saturated heterocycles. The molecule has 0 bridgehead atoms. The van der Waals surface area contributed by atoms with Gasteiger partial charge in [-0.1, -0.05) is 23.2 Å². The molecule has 0 unspecified atom stereocenters. The fraction of sp³-hybridized carbons (Fsp3) is 0.500. The fourth-order valence-corrected chi connectivity index (χ4v) is 3.75. The Balaban J connectivity index is 2.06. The maximum absolute atomic E-state index is 12.4. The molecule has 1 aromatic carbocycles. The molecule has 1 aromatic rings. The number of likely N-dealkylation sites (N-methyl/N-ethyl adjacent to an activating group) is 1. The van der Waals surface area contributed by atoms with E-state index in [9.17, 15) is 4.79 Å². The Morgan fingerprint density at radius 2 is 2.10 bits per heavy atom. The van der Waals surface area contributed by atoms with Crippen molar-refractivity contribution in [1.29, 1.82) is 0 Å². The fourth-order valence-electron chi connectivity index (χ4n) is 2.44. The molecule has 2 rings (SSSR count). The second-order valence-electron chi connectivity index (χ2n) is 5.26. The molecule has 2 amide bonds. The number of halogens is 2. The lowest BCUT2D eigenvalue weighted by Crippen LogP contribution is -2.38. The number of anilines is 1. The smallest absolute Gasteiger partial charge is 0.321 e. The van der Waals surface area contributed by atoms with Crippen molar-refractivity contribution in [3.8, 4) is 0 Å². The van der Waals surface area contributed by atoms with Crippen LogP contribution in [0.4, 0.5) is 10.5 Å². The van der Waals surface area contributed by atoms with Crippen LogP contribution in [-0.4, -0.2) is 60.6 Å². The zero-order valence-corrected chi connectivity index (χ0v) is 14.6. The van der Waals surface area contributed by atoms with E-state index in [1.165, 1.54) is 0 Å². The van der Waals surface area contributed by atoms with Gasteiger partial charge in [0.1, 0.15) is 0 Å². The number of amides is 2. The van der Waals surface area contributed by atoms with E-state index >= 15 is 0 Å². The standard InChI is InChI=1S/C14H19Cl2N3OS/c1-18(2)12-7-19(8-13(12)21-3)14(20)17-11-6-9(15)4-5-10(11)16/h4-6,12-13H,7-8H2,1-3H3,(H,17,20)/t12-,13+/m0/s1. The van der Waals surface area contributed by atoms with Gasteiger partial charge in [0.25, 0.3) is 0 Å². The van der Waals surface area contributed by atoms with Crippen LogP contribution in [0.1, 0.15) is 0 Å². The zero-order valence-electron chi connectivity index (χ0n) is 12.3. The van der Waals surface area contributed by atoms with Gasteiger partial charge in [0.05, 0.1) is 10.7 Å². The minimum absolute atomic E-state index is 0.137. The highest BCUT2D eigenvalue weighted by atomic mass is 35.5. The monoisotopic (exact) mass is 347 g/mol. The van der Waals surface area contributed by atoms with Gasteiger partial charge in [-0.3, -0.25) is 0 Å². The second-order valence-corrected chi connectivity index (χ2v) is 7.18. The molecule has 0 radical (unpaired) electrons. The lowest BCUT2D eigenvalue weighted by molar-refractivity contribution is 0.216. The highest BCUT2D eigenvalue weighted by Crippen LogP contribution is 2.28. The summed E-state index contributed by atoms with van der Waals surface area (Å²) < 4.78 is 0. The van der Waals surface area contributed by atoms with E-state index in [0.29, 0.717) is 33.6 Å². The molecule has 116 valence electrons.